The summed E-state index contributed by atoms with van der Waals surface area (Å²) >= 11 is 0. The molecule has 3 aromatic rings. The highest BCUT2D eigenvalue weighted by atomic mass is 16.3. The summed E-state index contributed by atoms with van der Waals surface area (Å²) in [7, 11) is 0. The van der Waals surface area contributed by atoms with Crippen LogP contribution in [-0.2, 0) is 10.8 Å². The maximum atomic E-state index is 12.0. The molecule has 0 fully saturated rings. The van der Waals surface area contributed by atoms with E-state index >= 15 is 0 Å². The topological polar surface area (TPSA) is 68.0 Å². The van der Waals surface area contributed by atoms with Crippen molar-refractivity contribution in [3.63, 3.8) is 0 Å². The lowest BCUT2D eigenvalue weighted by Crippen LogP contribution is -2.17. The van der Waals surface area contributed by atoms with E-state index in [1.54, 1.807) is 6.20 Å². The van der Waals surface area contributed by atoms with E-state index in [9.17, 15) is 9.90 Å². The fourth-order valence-electron chi connectivity index (χ4n) is 3.30. The molecular formula is C22H27N3O2. The van der Waals surface area contributed by atoms with Gasteiger partial charge in [0.25, 0.3) is 0 Å². The Bertz CT molecular complexity index is 999. The highest BCUT2D eigenvalue weighted by molar-refractivity contribution is 5.96. The van der Waals surface area contributed by atoms with Crippen LogP contribution in [0.3, 0.4) is 0 Å². The van der Waals surface area contributed by atoms with Crippen LogP contribution in [0.15, 0.2) is 30.5 Å². The van der Waals surface area contributed by atoms with E-state index in [0.717, 1.165) is 22.1 Å². The number of benzene rings is 1. The number of aromatic hydroxyl groups is 1. The molecule has 0 aliphatic rings. The third-order valence-electron chi connectivity index (χ3n) is 4.74. The van der Waals surface area contributed by atoms with Gasteiger partial charge < -0.3 is 5.11 Å². The number of carbonyl (C=O) groups excluding carboxylic acids is 1. The standard InChI is InChI=1S/C22H27N3O2/c1-13(26)25-20-15(9-8-10-23-20)18(24-25)14-11-16(21(2,3)4)19(27)17(12-14)22(5,6)7/h8-12,27H,1-7H3. The molecule has 0 amide bonds. The van der Waals surface area contributed by atoms with E-state index in [1.807, 2.05) is 24.3 Å². The van der Waals surface area contributed by atoms with Crippen LogP contribution in [0.5, 0.6) is 5.75 Å². The Morgan fingerprint density at radius 1 is 1.04 bits per heavy atom. The molecule has 0 atom stereocenters. The van der Waals surface area contributed by atoms with Crippen LogP contribution in [0.25, 0.3) is 22.3 Å². The molecular weight excluding hydrogens is 338 g/mol. The van der Waals surface area contributed by atoms with Crippen molar-refractivity contribution >= 4 is 16.9 Å². The molecule has 2 aromatic heterocycles. The minimum atomic E-state index is -0.239. The van der Waals surface area contributed by atoms with Crippen LogP contribution in [0.4, 0.5) is 0 Å². The zero-order valence-corrected chi connectivity index (χ0v) is 17.1. The number of pyridine rings is 1. The van der Waals surface area contributed by atoms with Gasteiger partial charge in [-0.05, 0) is 35.1 Å². The maximum Gasteiger partial charge on any atom is 0.245 e. The first-order chi connectivity index (χ1) is 12.4. The van der Waals surface area contributed by atoms with Crippen molar-refractivity contribution in [3.05, 3.63) is 41.6 Å². The van der Waals surface area contributed by atoms with Crippen molar-refractivity contribution in [3.8, 4) is 17.0 Å². The Morgan fingerprint density at radius 3 is 2.07 bits per heavy atom. The monoisotopic (exact) mass is 365 g/mol. The van der Waals surface area contributed by atoms with Crippen LogP contribution in [-0.4, -0.2) is 25.8 Å². The molecule has 0 aliphatic heterocycles. The number of aromatic nitrogens is 3. The molecule has 0 spiro atoms. The molecule has 0 aliphatic carbocycles. The summed E-state index contributed by atoms with van der Waals surface area (Å²) in [6.45, 7) is 13.9. The first-order valence-corrected chi connectivity index (χ1v) is 9.14. The van der Waals surface area contributed by atoms with Gasteiger partial charge in [0.2, 0.25) is 5.91 Å². The van der Waals surface area contributed by atoms with Gasteiger partial charge in [-0.15, -0.1) is 0 Å². The number of phenols is 1. The van der Waals surface area contributed by atoms with Crippen molar-refractivity contribution in [2.24, 2.45) is 0 Å². The minimum Gasteiger partial charge on any atom is -0.507 e. The number of carbonyl (C=O) groups is 1. The first kappa shape index (κ1) is 19.1. The summed E-state index contributed by atoms with van der Waals surface area (Å²) in [6.07, 6.45) is 1.66. The molecule has 2 heterocycles. The van der Waals surface area contributed by atoms with Crippen LogP contribution < -0.4 is 0 Å². The molecule has 1 aromatic carbocycles. The van der Waals surface area contributed by atoms with Crippen molar-refractivity contribution in [2.75, 3.05) is 0 Å². The molecule has 0 bridgehead atoms. The van der Waals surface area contributed by atoms with Gasteiger partial charge >= 0.3 is 0 Å². The lowest BCUT2D eigenvalue weighted by molar-refractivity contribution is 0.0926. The quantitative estimate of drug-likeness (QED) is 0.654. The number of fused-ring (bicyclic) bond motifs is 1. The number of nitrogens with zero attached hydrogens (tertiary/aromatic N) is 3. The second-order valence-corrected chi connectivity index (χ2v) is 9.07. The van der Waals surface area contributed by atoms with Gasteiger partial charge in [-0.3, -0.25) is 4.79 Å². The molecule has 3 rings (SSSR count). The lowest BCUT2D eigenvalue weighted by atomic mass is 9.78. The Hall–Kier alpha value is -2.69. The molecule has 27 heavy (non-hydrogen) atoms. The molecule has 0 saturated carbocycles. The lowest BCUT2D eigenvalue weighted by Gasteiger charge is -2.28. The fraction of sp³-hybridized carbons (Fsp3) is 0.409. The fourth-order valence-corrected chi connectivity index (χ4v) is 3.30. The molecule has 5 nitrogen and oxygen atoms in total. The first-order valence-electron chi connectivity index (χ1n) is 9.14. The van der Waals surface area contributed by atoms with E-state index in [-0.39, 0.29) is 16.7 Å². The molecule has 0 saturated heterocycles. The van der Waals surface area contributed by atoms with Gasteiger partial charge in [-0.1, -0.05) is 41.5 Å². The second-order valence-electron chi connectivity index (χ2n) is 9.07. The molecule has 0 unspecified atom stereocenters. The third kappa shape index (κ3) is 3.34. The summed E-state index contributed by atoms with van der Waals surface area (Å²) in [4.78, 5) is 16.4. The third-order valence-corrected chi connectivity index (χ3v) is 4.74. The molecule has 142 valence electrons. The largest absolute Gasteiger partial charge is 0.507 e. The number of hydrogen-bond acceptors (Lipinski definition) is 4. The van der Waals surface area contributed by atoms with E-state index in [0.29, 0.717) is 17.1 Å². The van der Waals surface area contributed by atoms with E-state index in [4.69, 9.17) is 0 Å². The summed E-state index contributed by atoms with van der Waals surface area (Å²) in [5, 5.41) is 16.3. The summed E-state index contributed by atoms with van der Waals surface area (Å²) < 4.78 is 1.34. The van der Waals surface area contributed by atoms with E-state index in [2.05, 4.69) is 51.6 Å². The van der Waals surface area contributed by atoms with E-state index < -0.39 is 0 Å². The summed E-state index contributed by atoms with van der Waals surface area (Å²) in [6, 6.07) is 7.71. The summed E-state index contributed by atoms with van der Waals surface area (Å²) in [5.74, 6) is 0.142. The van der Waals surface area contributed by atoms with Gasteiger partial charge in [0.15, 0.2) is 5.65 Å². The number of hydrogen-bond donors (Lipinski definition) is 1. The average molecular weight is 365 g/mol. The van der Waals surface area contributed by atoms with Gasteiger partial charge in [0.1, 0.15) is 11.4 Å². The van der Waals surface area contributed by atoms with Gasteiger partial charge in [-0.2, -0.15) is 9.78 Å². The Kier molecular flexibility index (Phi) is 4.37. The molecule has 0 radical (unpaired) electrons. The van der Waals surface area contributed by atoms with Gasteiger partial charge in [0, 0.05) is 35.2 Å². The van der Waals surface area contributed by atoms with Crippen molar-refractivity contribution in [2.45, 2.75) is 59.3 Å². The smallest absolute Gasteiger partial charge is 0.245 e. The normalized spacial score (nSPS) is 12.6. The highest BCUT2D eigenvalue weighted by Gasteiger charge is 2.28. The van der Waals surface area contributed by atoms with Crippen LogP contribution in [0, 0.1) is 0 Å². The van der Waals surface area contributed by atoms with Crippen LogP contribution in [0.2, 0.25) is 0 Å². The minimum absolute atomic E-state index is 0.184. The van der Waals surface area contributed by atoms with Crippen molar-refractivity contribution in [1.82, 2.24) is 14.8 Å². The molecule has 1 N–H and O–H groups in total. The SMILES string of the molecule is CC(=O)n1nc(-c2cc(C(C)(C)C)c(O)c(C(C)(C)C)c2)c2cccnc21. The average Bonchev–Trinajstić information content (AvgIpc) is 2.93. The van der Waals surface area contributed by atoms with Crippen molar-refractivity contribution < 1.29 is 9.90 Å². The predicted octanol–water partition coefficient (Wildman–Crippen LogP) is 5.06. The maximum absolute atomic E-state index is 12.0. The van der Waals surface area contributed by atoms with Gasteiger partial charge in [0.05, 0.1) is 0 Å². The van der Waals surface area contributed by atoms with Gasteiger partial charge in [-0.25, -0.2) is 4.98 Å². The van der Waals surface area contributed by atoms with E-state index in [1.165, 1.54) is 11.6 Å². The van der Waals surface area contributed by atoms with Crippen LogP contribution >= 0.6 is 0 Å². The Balaban J connectivity index is 2.39. The summed E-state index contributed by atoms with van der Waals surface area (Å²) in [5.41, 5.74) is 3.36. The zero-order valence-electron chi connectivity index (χ0n) is 17.1. The molecule has 5 heteroatoms. The highest BCUT2D eigenvalue weighted by Crippen LogP contribution is 2.42. The Labute approximate surface area is 160 Å². The second kappa shape index (κ2) is 6.19. The van der Waals surface area contributed by atoms with Crippen LogP contribution in [0.1, 0.15) is 64.4 Å². The zero-order chi connectivity index (χ0) is 20.1. The van der Waals surface area contributed by atoms with Crippen molar-refractivity contribution in [1.29, 1.82) is 0 Å². The number of phenolic OH excluding ortho intramolecular Hbond substituents is 1. The Morgan fingerprint density at radius 2 is 1.59 bits per heavy atom. The number of rotatable bonds is 1. The predicted molar refractivity (Wildman–Crippen MR) is 108 cm³/mol.